The van der Waals surface area contributed by atoms with E-state index in [1.807, 2.05) is 11.3 Å². The number of aryl methyl sites for hydroxylation is 1. The molecule has 1 aromatic heterocycles. The SMILES string of the molecule is CCCCCCCCCC(NC)c1sccc1CC. The molecule has 1 nitrogen and oxygen atoms in total. The Balaban J connectivity index is 2.22. The molecule has 1 aromatic rings. The number of hydrogen-bond donors (Lipinski definition) is 1. The van der Waals surface area contributed by atoms with Gasteiger partial charge in [-0.25, -0.2) is 0 Å². The second-order valence-corrected chi connectivity index (χ2v) is 6.36. The first-order valence-electron chi connectivity index (χ1n) is 8.07. The van der Waals surface area contributed by atoms with Crippen LogP contribution in [0.3, 0.4) is 0 Å². The molecule has 110 valence electrons. The zero-order valence-corrected chi connectivity index (χ0v) is 13.8. The molecule has 0 spiro atoms. The van der Waals surface area contributed by atoms with Crippen LogP contribution in [-0.4, -0.2) is 7.05 Å². The molecule has 0 radical (unpaired) electrons. The Morgan fingerprint density at radius 1 is 1.05 bits per heavy atom. The maximum Gasteiger partial charge on any atom is 0.0415 e. The third kappa shape index (κ3) is 6.09. The van der Waals surface area contributed by atoms with Crippen molar-refractivity contribution < 1.29 is 0 Å². The number of rotatable bonds is 11. The van der Waals surface area contributed by atoms with Crippen molar-refractivity contribution in [2.24, 2.45) is 0 Å². The monoisotopic (exact) mass is 281 g/mol. The maximum absolute atomic E-state index is 3.50. The van der Waals surface area contributed by atoms with Gasteiger partial charge in [-0.15, -0.1) is 11.3 Å². The van der Waals surface area contributed by atoms with Crippen molar-refractivity contribution in [3.8, 4) is 0 Å². The molecule has 0 aromatic carbocycles. The van der Waals surface area contributed by atoms with Crippen LogP contribution < -0.4 is 5.32 Å². The zero-order valence-electron chi connectivity index (χ0n) is 13.0. The van der Waals surface area contributed by atoms with Crippen LogP contribution in [0.1, 0.15) is 81.7 Å². The van der Waals surface area contributed by atoms with Gasteiger partial charge in [0.1, 0.15) is 0 Å². The van der Waals surface area contributed by atoms with E-state index in [1.165, 1.54) is 56.9 Å². The van der Waals surface area contributed by atoms with Crippen molar-refractivity contribution in [3.63, 3.8) is 0 Å². The molecule has 1 heterocycles. The predicted molar refractivity (Wildman–Crippen MR) is 88.1 cm³/mol. The molecule has 0 saturated heterocycles. The number of unbranched alkanes of at least 4 members (excludes halogenated alkanes) is 6. The van der Waals surface area contributed by atoms with Gasteiger partial charge in [0.05, 0.1) is 0 Å². The maximum atomic E-state index is 3.50. The van der Waals surface area contributed by atoms with E-state index >= 15 is 0 Å². The quantitative estimate of drug-likeness (QED) is 0.512. The van der Waals surface area contributed by atoms with Crippen molar-refractivity contribution in [2.45, 2.75) is 77.7 Å². The lowest BCUT2D eigenvalue weighted by molar-refractivity contribution is 0.499. The lowest BCUT2D eigenvalue weighted by atomic mass is 10.0. The van der Waals surface area contributed by atoms with E-state index in [1.54, 1.807) is 4.88 Å². The molecule has 0 bridgehead atoms. The van der Waals surface area contributed by atoms with Crippen LogP contribution in [0.5, 0.6) is 0 Å². The fourth-order valence-corrected chi connectivity index (χ4v) is 3.80. The van der Waals surface area contributed by atoms with Gasteiger partial charge in [0.15, 0.2) is 0 Å². The summed E-state index contributed by atoms with van der Waals surface area (Å²) in [6, 6.07) is 2.86. The molecule has 1 rings (SSSR count). The summed E-state index contributed by atoms with van der Waals surface area (Å²) in [6.45, 7) is 4.54. The molecule has 1 unspecified atom stereocenters. The molecule has 0 aliphatic carbocycles. The molecule has 0 fully saturated rings. The smallest absolute Gasteiger partial charge is 0.0415 e. The molecule has 0 aliphatic rings. The Morgan fingerprint density at radius 3 is 2.37 bits per heavy atom. The first kappa shape index (κ1) is 16.7. The van der Waals surface area contributed by atoms with Crippen molar-refractivity contribution in [2.75, 3.05) is 7.05 Å². The molecule has 1 atom stereocenters. The molecule has 0 aliphatic heterocycles. The predicted octanol–water partition coefficient (Wildman–Crippen LogP) is 5.71. The van der Waals surface area contributed by atoms with Gasteiger partial charge in [-0.2, -0.15) is 0 Å². The first-order chi connectivity index (χ1) is 9.33. The molecule has 0 amide bonds. The summed E-state index contributed by atoms with van der Waals surface area (Å²) >= 11 is 1.92. The molecular weight excluding hydrogens is 250 g/mol. The van der Waals surface area contributed by atoms with Gasteiger partial charge in [-0.1, -0.05) is 58.8 Å². The Bertz CT molecular complexity index is 319. The van der Waals surface area contributed by atoms with Gasteiger partial charge in [0.2, 0.25) is 0 Å². The van der Waals surface area contributed by atoms with E-state index in [4.69, 9.17) is 0 Å². The third-order valence-electron chi connectivity index (χ3n) is 3.92. The Labute approximate surface area is 123 Å². The van der Waals surface area contributed by atoms with Crippen LogP contribution in [0.25, 0.3) is 0 Å². The van der Waals surface area contributed by atoms with Gasteiger partial charge in [0, 0.05) is 10.9 Å². The highest BCUT2D eigenvalue weighted by atomic mass is 32.1. The van der Waals surface area contributed by atoms with E-state index < -0.39 is 0 Å². The molecule has 0 saturated carbocycles. The molecular formula is C17H31NS. The summed E-state index contributed by atoms with van der Waals surface area (Å²) in [4.78, 5) is 1.57. The summed E-state index contributed by atoms with van der Waals surface area (Å²) in [5.74, 6) is 0. The molecule has 2 heteroatoms. The van der Waals surface area contributed by atoms with E-state index in [0.29, 0.717) is 6.04 Å². The Hall–Kier alpha value is -0.340. The normalized spacial score (nSPS) is 12.8. The minimum atomic E-state index is 0.575. The summed E-state index contributed by atoms with van der Waals surface area (Å²) in [6.07, 6.45) is 12.2. The van der Waals surface area contributed by atoms with Crippen molar-refractivity contribution >= 4 is 11.3 Å². The summed E-state index contributed by atoms with van der Waals surface area (Å²) in [5, 5.41) is 5.74. The standard InChI is InChI=1S/C17H31NS/c1-4-6-7-8-9-10-11-12-16(18-3)17-15(5-2)13-14-19-17/h13-14,16,18H,4-12H2,1-3H3. The molecule has 19 heavy (non-hydrogen) atoms. The number of hydrogen-bond acceptors (Lipinski definition) is 2. The zero-order chi connectivity index (χ0) is 13.9. The lowest BCUT2D eigenvalue weighted by Gasteiger charge is -2.16. The second kappa shape index (κ2) is 10.4. The fourth-order valence-electron chi connectivity index (χ4n) is 2.66. The van der Waals surface area contributed by atoms with Crippen LogP contribution in [-0.2, 0) is 6.42 Å². The third-order valence-corrected chi connectivity index (χ3v) is 5.00. The van der Waals surface area contributed by atoms with Crippen molar-refractivity contribution in [1.29, 1.82) is 0 Å². The van der Waals surface area contributed by atoms with Gasteiger partial charge in [0.25, 0.3) is 0 Å². The van der Waals surface area contributed by atoms with Gasteiger partial charge in [-0.3, -0.25) is 0 Å². The van der Waals surface area contributed by atoms with Crippen molar-refractivity contribution in [3.05, 3.63) is 21.9 Å². The van der Waals surface area contributed by atoms with Crippen LogP contribution in [0.2, 0.25) is 0 Å². The van der Waals surface area contributed by atoms with Crippen LogP contribution >= 0.6 is 11.3 Å². The van der Waals surface area contributed by atoms with E-state index in [2.05, 4.69) is 37.7 Å². The van der Waals surface area contributed by atoms with Gasteiger partial charge in [-0.05, 0) is 36.9 Å². The summed E-state index contributed by atoms with van der Waals surface area (Å²) < 4.78 is 0. The minimum Gasteiger partial charge on any atom is -0.312 e. The highest BCUT2D eigenvalue weighted by molar-refractivity contribution is 7.10. The van der Waals surface area contributed by atoms with Crippen LogP contribution in [0.4, 0.5) is 0 Å². The van der Waals surface area contributed by atoms with Gasteiger partial charge >= 0.3 is 0 Å². The number of thiophene rings is 1. The number of nitrogens with one attached hydrogen (secondary N) is 1. The fraction of sp³-hybridized carbons (Fsp3) is 0.765. The van der Waals surface area contributed by atoms with E-state index in [-0.39, 0.29) is 0 Å². The van der Waals surface area contributed by atoms with Crippen LogP contribution in [0.15, 0.2) is 11.4 Å². The Kier molecular flexibility index (Phi) is 9.19. The average molecular weight is 282 g/mol. The van der Waals surface area contributed by atoms with E-state index in [9.17, 15) is 0 Å². The summed E-state index contributed by atoms with van der Waals surface area (Å²) in [7, 11) is 2.10. The molecule has 1 N–H and O–H groups in total. The second-order valence-electron chi connectivity index (χ2n) is 5.41. The topological polar surface area (TPSA) is 12.0 Å². The largest absolute Gasteiger partial charge is 0.312 e. The highest BCUT2D eigenvalue weighted by Gasteiger charge is 2.13. The summed E-state index contributed by atoms with van der Waals surface area (Å²) in [5.41, 5.74) is 1.53. The van der Waals surface area contributed by atoms with E-state index in [0.717, 1.165) is 6.42 Å². The minimum absolute atomic E-state index is 0.575. The lowest BCUT2D eigenvalue weighted by Crippen LogP contribution is -2.16. The van der Waals surface area contributed by atoms with Gasteiger partial charge < -0.3 is 5.32 Å². The average Bonchev–Trinajstić information content (AvgIpc) is 2.90. The highest BCUT2D eigenvalue weighted by Crippen LogP contribution is 2.28. The van der Waals surface area contributed by atoms with Crippen molar-refractivity contribution in [1.82, 2.24) is 5.32 Å². The Morgan fingerprint density at radius 2 is 1.74 bits per heavy atom. The first-order valence-corrected chi connectivity index (χ1v) is 8.94. The van der Waals surface area contributed by atoms with Crippen LogP contribution in [0, 0.1) is 0 Å².